The van der Waals surface area contributed by atoms with Crippen LogP contribution in [0.2, 0.25) is 5.02 Å². The number of hydrogen-bond acceptors (Lipinski definition) is 2. The van der Waals surface area contributed by atoms with Crippen molar-refractivity contribution in [1.29, 1.82) is 0 Å². The molecule has 0 aliphatic heterocycles. The summed E-state index contributed by atoms with van der Waals surface area (Å²) in [4.78, 5) is 0. The molecule has 0 aliphatic carbocycles. The summed E-state index contributed by atoms with van der Waals surface area (Å²) in [7, 11) is 0. The molecular formula is C11H20ClN3. The molecule has 0 aromatic carbocycles. The molecule has 4 heteroatoms. The van der Waals surface area contributed by atoms with Crippen LogP contribution in [0, 0.1) is 0 Å². The molecule has 0 aliphatic rings. The summed E-state index contributed by atoms with van der Waals surface area (Å²) < 4.78 is 1.95. The first-order chi connectivity index (χ1) is 7.19. The van der Waals surface area contributed by atoms with E-state index in [1.54, 1.807) is 6.20 Å². The van der Waals surface area contributed by atoms with Gasteiger partial charge in [0.2, 0.25) is 0 Å². The fraction of sp³-hybridized carbons (Fsp3) is 0.727. The van der Waals surface area contributed by atoms with Gasteiger partial charge in [-0.1, -0.05) is 24.9 Å². The van der Waals surface area contributed by atoms with Crippen molar-refractivity contribution in [2.75, 3.05) is 0 Å². The number of aromatic nitrogens is 2. The molecule has 1 aromatic rings. The van der Waals surface area contributed by atoms with Crippen LogP contribution in [0.25, 0.3) is 0 Å². The fourth-order valence-corrected chi connectivity index (χ4v) is 1.98. The lowest BCUT2D eigenvalue weighted by Gasteiger charge is -2.11. The summed E-state index contributed by atoms with van der Waals surface area (Å²) in [6.45, 7) is 5.09. The molecule has 0 amide bonds. The molecule has 0 saturated heterocycles. The van der Waals surface area contributed by atoms with Gasteiger partial charge in [-0.15, -0.1) is 0 Å². The minimum absolute atomic E-state index is 0.284. The molecule has 0 spiro atoms. The van der Waals surface area contributed by atoms with Crippen molar-refractivity contribution in [1.82, 2.24) is 9.78 Å². The van der Waals surface area contributed by atoms with Crippen molar-refractivity contribution in [3.05, 3.63) is 16.9 Å². The van der Waals surface area contributed by atoms with E-state index in [9.17, 15) is 0 Å². The molecule has 0 bridgehead atoms. The highest BCUT2D eigenvalue weighted by atomic mass is 35.5. The zero-order chi connectivity index (χ0) is 11.3. The van der Waals surface area contributed by atoms with E-state index in [4.69, 9.17) is 17.3 Å². The van der Waals surface area contributed by atoms with Crippen molar-refractivity contribution < 1.29 is 0 Å². The molecule has 0 radical (unpaired) electrons. The second-order valence-electron chi connectivity index (χ2n) is 3.84. The van der Waals surface area contributed by atoms with Crippen molar-refractivity contribution >= 4 is 11.6 Å². The largest absolute Gasteiger partial charge is 0.328 e. The lowest BCUT2D eigenvalue weighted by molar-refractivity contribution is 0.536. The highest BCUT2D eigenvalue weighted by molar-refractivity contribution is 6.31. The molecule has 1 atom stereocenters. The van der Waals surface area contributed by atoms with E-state index < -0.39 is 0 Å². The molecule has 1 unspecified atom stereocenters. The lowest BCUT2D eigenvalue weighted by atomic mass is 10.1. The second-order valence-corrected chi connectivity index (χ2v) is 4.25. The molecule has 86 valence electrons. The molecule has 1 rings (SSSR count). The highest BCUT2D eigenvalue weighted by Gasteiger charge is 2.09. The van der Waals surface area contributed by atoms with Gasteiger partial charge in [0.05, 0.1) is 16.9 Å². The first-order valence-corrected chi connectivity index (χ1v) is 6.02. The van der Waals surface area contributed by atoms with Gasteiger partial charge in [-0.2, -0.15) is 5.10 Å². The van der Waals surface area contributed by atoms with Gasteiger partial charge in [0.15, 0.2) is 0 Å². The Balaban J connectivity index is 2.52. The summed E-state index contributed by atoms with van der Waals surface area (Å²) in [5.74, 6) is 0. The SMILES string of the molecule is CCCC(N)CCc1c(Cl)cnn1CC. The Kier molecular flexibility index (Phi) is 5.12. The Morgan fingerprint density at radius 1 is 1.47 bits per heavy atom. The van der Waals surface area contributed by atoms with E-state index in [0.29, 0.717) is 0 Å². The maximum absolute atomic E-state index is 6.06. The minimum atomic E-state index is 0.284. The van der Waals surface area contributed by atoms with Crippen LogP contribution in [0.4, 0.5) is 0 Å². The van der Waals surface area contributed by atoms with E-state index in [1.165, 1.54) is 0 Å². The van der Waals surface area contributed by atoms with Gasteiger partial charge in [-0.25, -0.2) is 0 Å². The fourth-order valence-electron chi connectivity index (χ4n) is 1.75. The standard InChI is InChI=1S/C11H20ClN3/c1-3-5-9(13)6-7-11-10(12)8-14-15(11)4-2/h8-9H,3-7,13H2,1-2H3. The predicted molar refractivity (Wildman–Crippen MR) is 64.1 cm³/mol. The van der Waals surface area contributed by atoms with Crippen molar-refractivity contribution in [3.63, 3.8) is 0 Å². The summed E-state index contributed by atoms with van der Waals surface area (Å²) in [5, 5.41) is 4.97. The third-order valence-electron chi connectivity index (χ3n) is 2.61. The van der Waals surface area contributed by atoms with Crippen LogP contribution in [0.15, 0.2) is 6.20 Å². The monoisotopic (exact) mass is 229 g/mol. The van der Waals surface area contributed by atoms with Crippen molar-refractivity contribution in [2.24, 2.45) is 5.73 Å². The Labute approximate surface area is 96.6 Å². The van der Waals surface area contributed by atoms with Crippen LogP contribution in [0.5, 0.6) is 0 Å². The molecule has 15 heavy (non-hydrogen) atoms. The van der Waals surface area contributed by atoms with Crippen LogP contribution in [0.3, 0.4) is 0 Å². The first kappa shape index (κ1) is 12.5. The molecular weight excluding hydrogens is 210 g/mol. The van der Waals surface area contributed by atoms with Gasteiger partial charge in [-0.05, 0) is 26.2 Å². The number of rotatable bonds is 6. The molecule has 0 saturated carbocycles. The number of nitrogens with zero attached hydrogens (tertiary/aromatic N) is 2. The van der Waals surface area contributed by atoms with Crippen LogP contribution in [-0.2, 0) is 13.0 Å². The first-order valence-electron chi connectivity index (χ1n) is 5.64. The van der Waals surface area contributed by atoms with Gasteiger partial charge in [0, 0.05) is 12.6 Å². The van der Waals surface area contributed by atoms with Gasteiger partial charge in [0.1, 0.15) is 0 Å². The maximum atomic E-state index is 6.06. The third-order valence-corrected chi connectivity index (χ3v) is 2.92. The van der Waals surface area contributed by atoms with E-state index in [-0.39, 0.29) is 6.04 Å². The number of aryl methyl sites for hydroxylation is 1. The molecule has 3 nitrogen and oxygen atoms in total. The Hall–Kier alpha value is -0.540. The zero-order valence-electron chi connectivity index (χ0n) is 9.54. The smallest absolute Gasteiger partial charge is 0.0817 e. The van der Waals surface area contributed by atoms with E-state index >= 15 is 0 Å². The summed E-state index contributed by atoms with van der Waals surface area (Å²) in [6, 6.07) is 0.284. The van der Waals surface area contributed by atoms with Gasteiger partial charge in [0.25, 0.3) is 0 Å². The topological polar surface area (TPSA) is 43.8 Å². The Morgan fingerprint density at radius 3 is 2.80 bits per heavy atom. The number of halogens is 1. The van der Waals surface area contributed by atoms with Gasteiger partial charge >= 0.3 is 0 Å². The third kappa shape index (κ3) is 3.50. The van der Waals surface area contributed by atoms with Crippen molar-refractivity contribution in [2.45, 2.75) is 52.1 Å². The number of nitrogens with two attached hydrogens (primary N) is 1. The zero-order valence-corrected chi connectivity index (χ0v) is 10.3. The van der Waals surface area contributed by atoms with Gasteiger partial charge in [-0.3, -0.25) is 4.68 Å². The molecule has 2 N–H and O–H groups in total. The second kappa shape index (κ2) is 6.13. The van der Waals surface area contributed by atoms with Crippen LogP contribution in [-0.4, -0.2) is 15.8 Å². The molecule has 0 fully saturated rings. The van der Waals surface area contributed by atoms with Crippen LogP contribution < -0.4 is 5.73 Å². The molecule has 1 heterocycles. The summed E-state index contributed by atoms with van der Waals surface area (Å²) in [6.07, 6.45) is 5.85. The quantitative estimate of drug-likeness (QED) is 0.815. The maximum Gasteiger partial charge on any atom is 0.0817 e. The Morgan fingerprint density at radius 2 is 2.20 bits per heavy atom. The van der Waals surface area contributed by atoms with E-state index in [0.717, 1.165) is 42.9 Å². The van der Waals surface area contributed by atoms with Gasteiger partial charge < -0.3 is 5.73 Å². The van der Waals surface area contributed by atoms with E-state index in [2.05, 4.69) is 18.9 Å². The van der Waals surface area contributed by atoms with Crippen LogP contribution >= 0.6 is 11.6 Å². The van der Waals surface area contributed by atoms with E-state index in [1.807, 2.05) is 4.68 Å². The average Bonchev–Trinajstić information content (AvgIpc) is 2.57. The average molecular weight is 230 g/mol. The predicted octanol–water partition coefficient (Wildman–Crippen LogP) is 2.62. The lowest BCUT2D eigenvalue weighted by Crippen LogP contribution is -2.20. The minimum Gasteiger partial charge on any atom is -0.328 e. The Bertz CT molecular complexity index is 296. The number of hydrogen-bond donors (Lipinski definition) is 1. The highest BCUT2D eigenvalue weighted by Crippen LogP contribution is 2.17. The summed E-state index contributed by atoms with van der Waals surface area (Å²) in [5.41, 5.74) is 7.09. The normalized spacial score (nSPS) is 13.1. The summed E-state index contributed by atoms with van der Waals surface area (Å²) >= 11 is 6.06. The van der Waals surface area contributed by atoms with Crippen LogP contribution in [0.1, 0.15) is 38.8 Å². The molecule has 1 aromatic heterocycles. The van der Waals surface area contributed by atoms with Crippen molar-refractivity contribution in [3.8, 4) is 0 Å².